The maximum Gasteiger partial charge on any atom is 0.170 e. The molecule has 2 rings (SSSR count). The number of nitrogens with two attached hydrogens (primary N) is 1. The van der Waals surface area contributed by atoms with Crippen molar-refractivity contribution < 1.29 is 14.3 Å². The normalized spacial score (nSPS) is 24.9. The summed E-state index contributed by atoms with van der Waals surface area (Å²) in [7, 11) is 0. The van der Waals surface area contributed by atoms with Gasteiger partial charge in [-0.1, -0.05) is 13.3 Å². The van der Waals surface area contributed by atoms with Crippen molar-refractivity contribution in [3.63, 3.8) is 0 Å². The molecule has 0 bridgehead atoms. The van der Waals surface area contributed by atoms with Crippen LogP contribution >= 0.6 is 0 Å². The molecule has 0 spiro atoms. The highest BCUT2D eigenvalue weighted by Gasteiger charge is 2.43. The minimum atomic E-state index is -0.462. The molecule has 1 saturated carbocycles. The number of Topliss-reactive ketones (excluding diaryl/α,β-unsaturated/α-hetero) is 1. The van der Waals surface area contributed by atoms with E-state index in [0.717, 1.165) is 19.3 Å². The Kier molecular flexibility index (Phi) is 4.88. The Morgan fingerprint density at radius 2 is 1.95 bits per heavy atom. The fraction of sp³-hybridized carbons (Fsp3) is 0.588. The molecule has 1 aliphatic carbocycles. The third-order valence-electron chi connectivity index (χ3n) is 4.35. The van der Waals surface area contributed by atoms with E-state index < -0.39 is 5.41 Å². The molecule has 0 aromatic heterocycles. The summed E-state index contributed by atoms with van der Waals surface area (Å²) in [5, 5.41) is 0. The minimum Gasteiger partial charge on any atom is -0.490 e. The SMILES string of the molecule is CCOc1ccc(C(=O)C2(C)CCCC2N)cc1OCC. The van der Waals surface area contributed by atoms with Crippen LogP contribution in [0.5, 0.6) is 11.5 Å². The summed E-state index contributed by atoms with van der Waals surface area (Å²) in [6.07, 6.45) is 2.78. The van der Waals surface area contributed by atoms with Gasteiger partial charge in [0.1, 0.15) is 0 Å². The lowest BCUT2D eigenvalue weighted by Crippen LogP contribution is -2.41. The molecule has 4 nitrogen and oxygen atoms in total. The maximum absolute atomic E-state index is 12.8. The van der Waals surface area contributed by atoms with Crippen LogP contribution in [0.2, 0.25) is 0 Å². The summed E-state index contributed by atoms with van der Waals surface area (Å²) in [6.45, 7) is 6.92. The molecule has 0 radical (unpaired) electrons. The Hall–Kier alpha value is -1.55. The number of carbonyl (C=O) groups is 1. The summed E-state index contributed by atoms with van der Waals surface area (Å²) in [5.41, 5.74) is 6.34. The Morgan fingerprint density at radius 3 is 2.52 bits per heavy atom. The lowest BCUT2D eigenvalue weighted by atomic mass is 9.78. The van der Waals surface area contributed by atoms with Gasteiger partial charge in [0, 0.05) is 17.0 Å². The van der Waals surface area contributed by atoms with Crippen LogP contribution in [0.15, 0.2) is 18.2 Å². The van der Waals surface area contributed by atoms with Crippen molar-refractivity contribution in [2.45, 2.75) is 46.1 Å². The van der Waals surface area contributed by atoms with E-state index in [9.17, 15) is 4.79 Å². The Labute approximate surface area is 126 Å². The predicted molar refractivity (Wildman–Crippen MR) is 83.0 cm³/mol. The van der Waals surface area contributed by atoms with Crippen molar-refractivity contribution in [1.29, 1.82) is 0 Å². The number of hydrogen-bond acceptors (Lipinski definition) is 4. The maximum atomic E-state index is 12.8. The standard InChI is InChI=1S/C17H25NO3/c1-4-20-13-9-8-12(11-14(13)21-5-2)16(19)17(3)10-6-7-15(17)18/h8-9,11,15H,4-7,10,18H2,1-3H3. The van der Waals surface area contributed by atoms with Gasteiger partial charge < -0.3 is 15.2 Å². The van der Waals surface area contributed by atoms with Gasteiger partial charge in [0.2, 0.25) is 0 Å². The van der Waals surface area contributed by atoms with Crippen LogP contribution < -0.4 is 15.2 Å². The highest BCUT2D eigenvalue weighted by atomic mass is 16.5. The van der Waals surface area contributed by atoms with Crippen molar-refractivity contribution >= 4 is 5.78 Å². The highest BCUT2D eigenvalue weighted by molar-refractivity contribution is 6.01. The Balaban J connectivity index is 2.31. The van der Waals surface area contributed by atoms with Crippen molar-refractivity contribution in [3.8, 4) is 11.5 Å². The monoisotopic (exact) mass is 291 g/mol. The van der Waals surface area contributed by atoms with Crippen LogP contribution in [0.3, 0.4) is 0 Å². The molecule has 2 atom stereocenters. The second kappa shape index (κ2) is 6.48. The van der Waals surface area contributed by atoms with E-state index in [2.05, 4.69) is 0 Å². The quantitative estimate of drug-likeness (QED) is 0.818. The van der Waals surface area contributed by atoms with Gasteiger partial charge in [0.15, 0.2) is 17.3 Å². The summed E-state index contributed by atoms with van der Waals surface area (Å²) in [4.78, 5) is 12.8. The number of rotatable bonds is 6. The van der Waals surface area contributed by atoms with Crippen molar-refractivity contribution in [2.75, 3.05) is 13.2 Å². The van der Waals surface area contributed by atoms with Gasteiger partial charge in [-0.25, -0.2) is 0 Å². The van der Waals surface area contributed by atoms with Crippen LogP contribution in [0.1, 0.15) is 50.4 Å². The molecule has 4 heteroatoms. The molecule has 1 fully saturated rings. The summed E-state index contributed by atoms with van der Waals surface area (Å²) < 4.78 is 11.1. The van der Waals surface area contributed by atoms with Crippen LogP contribution in [-0.4, -0.2) is 25.0 Å². The molecule has 2 unspecified atom stereocenters. The van der Waals surface area contributed by atoms with Crippen LogP contribution in [0.25, 0.3) is 0 Å². The van der Waals surface area contributed by atoms with E-state index in [1.165, 1.54) is 0 Å². The molecular weight excluding hydrogens is 266 g/mol. The summed E-state index contributed by atoms with van der Waals surface area (Å²) in [5.74, 6) is 1.41. The molecule has 21 heavy (non-hydrogen) atoms. The average Bonchev–Trinajstić information content (AvgIpc) is 2.81. The molecule has 1 aromatic rings. The van der Waals surface area contributed by atoms with Crippen molar-refractivity contribution in [3.05, 3.63) is 23.8 Å². The highest BCUT2D eigenvalue weighted by Crippen LogP contribution is 2.40. The van der Waals surface area contributed by atoms with Crippen LogP contribution in [0, 0.1) is 5.41 Å². The van der Waals surface area contributed by atoms with Gasteiger partial charge in [-0.2, -0.15) is 0 Å². The first-order valence-corrected chi connectivity index (χ1v) is 7.73. The van der Waals surface area contributed by atoms with Gasteiger partial charge >= 0.3 is 0 Å². The average molecular weight is 291 g/mol. The first-order chi connectivity index (χ1) is 10.0. The number of carbonyl (C=O) groups excluding carboxylic acids is 1. The topological polar surface area (TPSA) is 61.5 Å². The number of ether oxygens (including phenoxy) is 2. The van der Waals surface area contributed by atoms with Gasteiger partial charge in [0.05, 0.1) is 13.2 Å². The zero-order valence-corrected chi connectivity index (χ0v) is 13.1. The molecule has 1 aromatic carbocycles. The molecule has 0 heterocycles. The lowest BCUT2D eigenvalue weighted by Gasteiger charge is -2.27. The van der Waals surface area contributed by atoms with Gasteiger partial charge in [-0.05, 0) is 44.9 Å². The first kappa shape index (κ1) is 15.8. The van der Waals surface area contributed by atoms with E-state index in [-0.39, 0.29) is 11.8 Å². The molecule has 0 saturated heterocycles. The predicted octanol–water partition coefficient (Wildman–Crippen LogP) is 3.18. The fourth-order valence-electron chi connectivity index (χ4n) is 3.00. The third kappa shape index (κ3) is 3.05. The van der Waals surface area contributed by atoms with Gasteiger partial charge in [-0.3, -0.25) is 4.79 Å². The Bertz CT molecular complexity index is 515. The van der Waals surface area contributed by atoms with Crippen LogP contribution in [0.4, 0.5) is 0 Å². The van der Waals surface area contributed by atoms with E-state index in [0.29, 0.717) is 30.3 Å². The second-order valence-corrected chi connectivity index (χ2v) is 5.77. The molecule has 116 valence electrons. The zero-order chi connectivity index (χ0) is 15.5. The van der Waals surface area contributed by atoms with E-state index in [4.69, 9.17) is 15.2 Å². The summed E-state index contributed by atoms with van der Waals surface area (Å²) >= 11 is 0. The number of benzene rings is 1. The molecular formula is C17H25NO3. The van der Waals surface area contributed by atoms with Gasteiger partial charge in [0.25, 0.3) is 0 Å². The third-order valence-corrected chi connectivity index (χ3v) is 4.35. The molecule has 0 aliphatic heterocycles. The van der Waals surface area contributed by atoms with E-state index >= 15 is 0 Å². The number of hydrogen-bond donors (Lipinski definition) is 1. The minimum absolute atomic E-state index is 0.0629. The zero-order valence-electron chi connectivity index (χ0n) is 13.1. The smallest absolute Gasteiger partial charge is 0.170 e. The summed E-state index contributed by atoms with van der Waals surface area (Å²) in [6, 6.07) is 5.34. The van der Waals surface area contributed by atoms with Gasteiger partial charge in [-0.15, -0.1) is 0 Å². The lowest BCUT2D eigenvalue weighted by molar-refractivity contribution is 0.0802. The Morgan fingerprint density at radius 1 is 1.29 bits per heavy atom. The first-order valence-electron chi connectivity index (χ1n) is 7.73. The molecule has 2 N–H and O–H groups in total. The van der Waals surface area contributed by atoms with E-state index in [1.54, 1.807) is 6.07 Å². The van der Waals surface area contributed by atoms with Crippen LogP contribution in [-0.2, 0) is 0 Å². The molecule has 1 aliphatic rings. The second-order valence-electron chi connectivity index (χ2n) is 5.77. The van der Waals surface area contributed by atoms with Crippen molar-refractivity contribution in [2.24, 2.45) is 11.1 Å². The largest absolute Gasteiger partial charge is 0.490 e. The van der Waals surface area contributed by atoms with E-state index in [1.807, 2.05) is 32.9 Å². The molecule has 0 amide bonds. The number of ketones is 1. The van der Waals surface area contributed by atoms with Crippen molar-refractivity contribution in [1.82, 2.24) is 0 Å². The fourth-order valence-corrected chi connectivity index (χ4v) is 3.00.